The van der Waals surface area contributed by atoms with Crippen LogP contribution in [0.15, 0.2) is 54.6 Å². The molecule has 0 aromatic heterocycles. The van der Waals surface area contributed by atoms with Crippen LogP contribution in [-0.2, 0) is 14.3 Å². The Balaban J connectivity index is 2.00. The monoisotopic (exact) mass is 368 g/mol. The van der Waals surface area contributed by atoms with Gasteiger partial charge in [-0.25, -0.2) is 4.39 Å². The van der Waals surface area contributed by atoms with Gasteiger partial charge in [0.1, 0.15) is 17.5 Å². The Labute approximate surface area is 157 Å². The molecule has 0 radical (unpaired) electrons. The molecule has 27 heavy (non-hydrogen) atoms. The van der Waals surface area contributed by atoms with Crippen LogP contribution in [0.25, 0.3) is 5.57 Å². The summed E-state index contributed by atoms with van der Waals surface area (Å²) in [5, 5.41) is 0. The van der Waals surface area contributed by atoms with E-state index in [0.29, 0.717) is 17.7 Å². The van der Waals surface area contributed by atoms with Gasteiger partial charge in [-0.15, -0.1) is 0 Å². The molecular weight excluding hydrogens is 347 g/mol. The topological polar surface area (TPSA) is 52.6 Å². The van der Waals surface area contributed by atoms with E-state index in [-0.39, 0.29) is 12.4 Å². The van der Waals surface area contributed by atoms with E-state index in [1.165, 1.54) is 18.2 Å². The van der Waals surface area contributed by atoms with Crippen LogP contribution in [-0.4, -0.2) is 25.5 Å². The normalized spacial score (nSPS) is 19.4. The first-order valence-electron chi connectivity index (χ1n) is 8.84. The van der Waals surface area contributed by atoms with Crippen LogP contribution in [0.1, 0.15) is 30.4 Å². The van der Waals surface area contributed by atoms with Crippen LogP contribution in [0, 0.1) is 11.7 Å². The van der Waals surface area contributed by atoms with E-state index in [2.05, 4.69) is 0 Å². The molecule has 0 fully saturated rings. The van der Waals surface area contributed by atoms with Gasteiger partial charge in [-0.2, -0.15) is 0 Å². The van der Waals surface area contributed by atoms with Crippen molar-refractivity contribution in [3.05, 3.63) is 71.6 Å². The maximum Gasteiger partial charge on any atom is 0.317 e. The highest BCUT2D eigenvalue weighted by Gasteiger charge is 2.39. The van der Waals surface area contributed by atoms with Crippen molar-refractivity contribution in [3.63, 3.8) is 0 Å². The summed E-state index contributed by atoms with van der Waals surface area (Å²) in [6, 6.07) is 13.4. The summed E-state index contributed by atoms with van der Waals surface area (Å²) in [6.07, 6.45) is 1.93. The van der Waals surface area contributed by atoms with Crippen LogP contribution in [0.2, 0.25) is 0 Å². The van der Waals surface area contributed by atoms with Gasteiger partial charge in [0.15, 0.2) is 5.78 Å². The van der Waals surface area contributed by atoms with Crippen LogP contribution in [0.3, 0.4) is 0 Å². The van der Waals surface area contributed by atoms with E-state index in [0.717, 1.165) is 11.1 Å². The number of esters is 1. The molecule has 1 aliphatic rings. The molecule has 5 heteroatoms. The average Bonchev–Trinajstić information content (AvgIpc) is 2.67. The van der Waals surface area contributed by atoms with Crippen molar-refractivity contribution in [2.75, 3.05) is 13.7 Å². The fourth-order valence-electron chi connectivity index (χ4n) is 3.44. The largest absolute Gasteiger partial charge is 0.497 e. The van der Waals surface area contributed by atoms with Gasteiger partial charge in [0.05, 0.1) is 13.7 Å². The Bertz CT molecular complexity index is 870. The lowest BCUT2D eigenvalue weighted by molar-refractivity contribution is -0.151. The van der Waals surface area contributed by atoms with Crippen molar-refractivity contribution < 1.29 is 23.5 Å². The van der Waals surface area contributed by atoms with Gasteiger partial charge < -0.3 is 9.47 Å². The van der Waals surface area contributed by atoms with Crippen LogP contribution < -0.4 is 4.74 Å². The lowest BCUT2D eigenvalue weighted by Gasteiger charge is -2.29. The Morgan fingerprint density at radius 2 is 1.93 bits per heavy atom. The third-order valence-corrected chi connectivity index (χ3v) is 4.74. The minimum Gasteiger partial charge on any atom is -0.497 e. The van der Waals surface area contributed by atoms with Crippen molar-refractivity contribution in [2.24, 2.45) is 5.92 Å². The highest BCUT2D eigenvalue weighted by atomic mass is 19.1. The molecule has 0 heterocycles. The molecule has 1 aliphatic carbocycles. The van der Waals surface area contributed by atoms with E-state index in [4.69, 9.17) is 9.47 Å². The molecule has 0 amide bonds. The van der Waals surface area contributed by atoms with E-state index in [1.807, 2.05) is 24.3 Å². The number of hydrogen-bond acceptors (Lipinski definition) is 4. The SMILES string of the molecule is CCOC(=O)[C@@H]1C(=O)C=C(c2ccc(OC)cc2)C[C@@H]1c1cccc(F)c1. The molecule has 3 rings (SSSR count). The molecule has 0 saturated carbocycles. The minimum atomic E-state index is -0.964. The highest BCUT2D eigenvalue weighted by molar-refractivity contribution is 6.10. The Hall–Kier alpha value is -2.95. The zero-order valence-electron chi connectivity index (χ0n) is 15.3. The number of carbonyl (C=O) groups is 2. The number of ketones is 1. The van der Waals surface area contributed by atoms with Gasteiger partial charge in [0, 0.05) is 5.92 Å². The van der Waals surface area contributed by atoms with Gasteiger partial charge >= 0.3 is 5.97 Å². The molecule has 2 atom stereocenters. The number of rotatable bonds is 5. The van der Waals surface area contributed by atoms with Gasteiger partial charge in [-0.1, -0.05) is 24.3 Å². The number of hydrogen-bond donors (Lipinski definition) is 0. The van der Waals surface area contributed by atoms with E-state index in [1.54, 1.807) is 26.2 Å². The van der Waals surface area contributed by atoms with Crippen LogP contribution in [0.5, 0.6) is 5.75 Å². The smallest absolute Gasteiger partial charge is 0.317 e. The molecule has 0 spiro atoms. The average molecular weight is 368 g/mol. The number of methoxy groups -OCH3 is 1. The summed E-state index contributed by atoms with van der Waals surface area (Å²) in [5.41, 5.74) is 2.28. The molecular formula is C22H21FO4. The summed E-state index contributed by atoms with van der Waals surface area (Å²) in [5.74, 6) is -2.01. The second-order valence-electron chi connectivity index (χ2n) is 6.40. The summed E-state index contributed by atoms with van der Waals surface area (Å²) in [6.45, 7) is 1.88. The second-order valence-corrected chi connectivity index (χ2v) is 6.40. The highest BCUT2D eigenvalue weighted by Crippen LogP contribution is 2.40. The molecule has 0 unspecified atom stereocenters. The quantitative estimate of drug-likeness (QED) is 0.588. The first-order chi connectivity index (χ1) is 13.0. The lowest BCUT2D eigenvalue weighted by atomic mass is 9.73. The second kappa shape index (κ2) is 8.16. The Morgan fingerprint density at radius 1 is 1.19 bits per heavy atom. The maximum atomic E-state index is 13.8. The van der Waals surface area contributed by atoms with Crippen LogP contribution in [0.4, 0.5) is 4.39 Å². The number of ether oxygens (including phenoxy) is 2. The first kappa shape index (κ1) is 18.8. The van der Waals surface area contributed by atoms with E-state index in [9.17, 15) is 14.0 Å². The van der Waals surface area contributed by atoms with E-state index < -0.39 is 23.6 Å². The first-order valence-corrected chi connectivity index (χ1v) is 8.84. The summed E-state index contributed by atoms with van der Waals surface area (Å²) >= 11 is 0. The van der Waals surface area contributed by atoms with Crippen molar-refractivity contribution in [1.29, 1.82) is 0 Å². The molecule has 0 aliphatic heterocycles. The molecule has 0 saturated heterocycles. The molecule has 0 N–H and O–H groups in total. The summed E-state index contributed by atoms with van der Waals surface area (Å²) in [4.78, 5) is 25.2. The molecule has 2 aromatic carbocycles. The van der Waals surface area contributed by atoms with Gasteiger partial charge in [0.2, 0.25) is 0 Å². The summed E-state index contributed by atoms with van der Waals surface area (Å²) in [7, 11) is 1.59. The molecule has 0 bridgehead atoms. The lowest BCUT2D eigenvalue weighted by Crippen LogP contribution is -2.34. The standard InChI is InChI=1S/C22H21FO4/c1-3-27-22(25)21-19(15-5-4-6-17(23)11-15)12-16(13-20(21)24)14-7-9-18(26-2)10-8-14/h4-11,13,19,21H,3,12H2,1-2H3/t19-,21+/m1/s1. The molecule has 4 nitrogen and oxygen atoms in total. The number of halogens is 1. The van der Waals surface area contributed by atoms with Gasteiger partial charge in [-0.05, 0) is 60.4 Å². The summed E-state index contributed by atoms with van der Waals surface area (Å²) < 4.78 is 24.0. The molecule has 140 valence electrons. The number of allylic oxidation sites excluding steroid dienone is 2. The number of carbonyl (C=O) groups excluding carboxylic acids is 2. The van der Waals surface area contributed by atoms with Crippen LogP contribution >= 0.6 is 0 Å². The minimum absolute atomic E-state index is 0.188. The fourth-order valence-corrected chi connectivity index (χ4v) is 3.44. The Kier molecular flexibility index (Phi) is 5.69. The van der Waals surface area contributed by atoms with Crippen molar-refractivity contribution in [3.8, 4) is 5.75 Å². The van der Waals surface area contributed by atoms with Gasteiger partial charge in [-0.3, -0.25) is 9.59 Å². The Morgan fingerprint density at radius 3 is 2.56 bits per heavy atom. The number of benzene rings is 2. The van der Waals surface area contributed by atoms with E-state index >= 15 is 0 Å². The van der Waals surface area contributed by atoms with Crippen molar-refractivity contribution in [2.45, 2.75) is 19.3 Å². The molecule has 2 aromatic rings. The maximum absolute atomic E-state index is 13.8. The van der Waals surface area contributed by atoms with Crippen molar-refractivity contribution >= 4 is 17.3 Å². The van der Waals surface area contributed by atoms with Crippen molar-refractivity contribution in [1.82, 2.24) is 0 Å². The fraction of sp³-hybridized carbons (Fsp3) is 0.273. The van der Waals surface area contributed by atoms with Gasteiger partial charge in [0.25, 0.3) is 0 Å². The third-order valence-electron chi connectivity index (χ3n) is 4.74. The predicted octanol–water partition coefficient (Wildman–Crippen LogP) is 4.15. The third kappa shape index (κ3) is 4.08. The zero-order chi connectivity index (χ0) is 19.4. The zero-order valence-corrected chi connectivity index (χ0v) is 15.3. The predicted molar refractivity (Wildman–Crippen MR) is 99.9 cm³/mol.